The molecule has 2 N–H and O–H groups in total. The van der Waals surface area contributed by atoms with Crippen LogP contribution in [0, 0.1) is 40.4 Å². The first-order valence-corrected chi connectivity index (χ1v) is 13.9. The van der Waals surface area contributed by atoms with Gasteiger partial charge in [0.2, 0.25) is 0 Å². The Morgan fingerprint density at radius 2 is 1.89 bits per heavy atom. The molecule has 200 valence electrons. The first kappa shape index (κ1) is 26.9. The number of rotatable bonds is 8. The normalized spacial score (nSPS) is 38.1. The van der Waals surface area contributed by atoms with Gasteiger partial charge in [0.05, 0.1) is 5.71 Å². The van der Waals surface area contributed by atoms with E-state index in [1.807, 2.05) is 6.92 Å². The number of nitrogens with one attached hydrogen (secondary N) is 1. The number of hydrogen-bond acceptors (Lipinski definition) is 5. The van der Waals surface area contributed by atoms with Gasteiger partial charge in [-0.2, -0.15) is 0 Å². The van der Waals surface area contributed by atoms with Crippen molar-refractivity contribution in [2.75, 3.05) is 6.61 Å². The highest BCUT2D eigenvalue weighted by molar-refractivity contribution is 5.96. The van der Waals surface area contributed by atoms with Crippen molar-refractivity contribution in [2.45, 2.75) is 98.4 Å². The third kappa shape index (κ3) is 4.74. The minimum atomic E-state index is -1.03. The number of carbonyl (C=O) groups excluding carboxylic acids is 2. The maximum Gasteiger partial charge on any atom is 0.326 e. The Hall–Kier alpha value is -2.18. The molecule has 4 rings (SSSR count). The molecule has 1 amide bonds. The van der Waals surface area contributed by atoms with E-state index in [1.54, 1.807) is 13.8 Å². The van der Waals surface area contributed by atoms with E-state index in [9.17, 15) is 19.5 Å². The highest BCUT2D eigenvalue weighted by Gasteiger charge is 2.59. The van der Waals surface area contributed by atoms with E-state index in [0.717, 1.165) is 37.8 Å². The zero-order chi connectivity index (χ0) is 26.3. The van der Waals surface area contributed by atoms with Crippen LogP contribution in [-0.4, -0.2) is 41.1 Å². The number of amides is 1. The fourth-order valence-electron chi connectivity index (χ4n) is 8.38. The van der Waals surface area contributed by atoms with Crippen molar-refractivity contribution < 1.29 is 24.3 Å². The lowest BCUT2D eigenvalue weighted by atomic mass is 9.46. The fourth-order valence-corrected chi connectivity index (χ4v) is 8.38. The zero-order valence-electron chi connectivity index (χ0n) is 22.6. The molecule has 0 radical (unpaired) electrons. The number of allylic oxidation sites excluding steroid dienone is 2. The molecule has 4 aliphatic carbocycles. The van der Waals surface area contributed by atoms with Gasteiger partial charge in [-0.3, -0.25) is 9.59 Å². The number of oxime groups is 1. The second kappa shape index (κ2) is 10.3. The molecule has 0 aromatic rings. The van der Waals surface area contributed by atoms with E-state index in [2.05, 4.69) is 30.4 Å². The van der Waals surface area contributed by atoms with Crippen molar-refractivity contribution in [2.24, 2.45) is 45.6 Å². The molecule has 4 aliphatic rings. The van der Waals surface area contributed by atoms with Gasteiger partial charge >= 0.3 is 5.97 Å². The SMILES string of the molecule is CC[C@H](C)[C@@H](NC(=O)CON=C1C=C2CC[C@H]3[C@@H]4CC[C@@H](C(C)=O)[C@@]4(C)CC[C@@H]3[C@@]2(C)CC1)C(=O)O. The molecule has 7 nitrogen and oxygen atoms in total. The Morgan fingerprint density at radius 1 is 1.14 bits per heavy atom. The standard InChI is InChI=1S/C29H44N2O5/c1-6-17(2)26(27(34)35)30-25(33)16-36-31-20-11-13-28(4)19(15-20)7-8-21-23-10-9-22(18(3)32)29(23,5)14-12-24(21)28/h15,17,21-24,26H,6-14,16H2,1-5H3,(H,30,33)(H,34,35)/t17-,21-,22-,23-,24-,26+,28-,29+/m0/s1. The van der Waals surface area contributed by atoms with E-state index >= 15 is 0 Å². The van der Waals surface area contributed by atoms with Crippen molar-refractivity contribution in [1.82, 2.24) is 5.32 Å². The second-order valence-electron chi connectivity index (χ2n) is 12.4. The smallest absolute Gasteiger partial charge is 0.326 e. The number of nitrogens with zero attached hydrogens (tertiary/aromatic N) is 1. The molecule has 0 bridgehead atoms. The van der Waals surface area contributed by atoms with Crippen LogP contribution in [0.4, 0.5) is 0 Å². The van der Waals surface area contributed by atoms with Crippen molar-refractivity contribution in [3.63, 3.8) is 0 Å². The lowest BCUT2D eigenvalue weighted by Crippen LogP contribution is -2.51. The summed E-state index contributed by atoms with van der Waals surface area (Å²) in [4.78, 5) is 41.4. The molecule has 3 fully saturated rings. The van der Waals surface area contributed by atoms with Crippen LogP contribution < -0.4 is 5.32 Å². The zero-order valence-corrected chi connectivity index (χ0v) is 22.6. The number of carbonyl (C=O) groups is 3. The lowest BCUT2D eigenvalue weighted by Gasteiger charge is -2.58. The molecule has 0 aliphatic heterocycles. The molecule has 0 unspecified atom stereocenters. The minimum Gasteiger partial charge on any atom is -0.480 e. The number of Topliss-reactive ketones (excluding diaryl/α,β-unsaturated/α-hetero) is 1. The molecule has 0 heterocycles. The summed E-state index contributed by atoms with van der Waals surface area (Å²) >= 11 is 0. The third-order valence-electron chi connectivity index (χ3n) is 10.6. The van der Waals surface area contributed by atoms with Crippen LogP contribution in [0.2, 0.25) is 0 Å². The molecule has 3 saturated carbocycles. The van der Waals surface area contributed by atoms with E-state index in [1.165, 1.54) is 24.8 Å². The van der Waals surface area contributed by atoms with Crippen LogP contribution >= 0.6 is 0 Å². The molecule has 0 aromatic heterocycles. The fraction of sp³-hybridized carbons (Fsp3) is 0.793. The van der Waals surface area contributed by atoms with Gasteiger partial charge in [0.25, 0.3) is 5.91 Å². The summed E-state index contributed by atoms with van der Waals surface area (Å²) in [5.41, 5.74) is 2.66. The molecule has 0 spiro atoms. The Labute approximate surface area is 215 Å². The lowest BCUT2D eigenvalue weighted by molar-refractivity contribution is -0.144. The van der Waals surface area contributed by atoms with Gasteiger partial charge in [-0.05, 0) is 98.9 Å². The van der Waals surface area contributed by atoms with Crippen molar-refractivity contribution in [3.8, 4) is 0 Å². The molecular formula is C29H44N2O5. The molecule has 0 aromatic carbocycles. The van der Waals surface area contributed by atoms with Crippen LogP contribution in [0.5, 0.6) is 0 Å². The van der Waals surface area contributed by atoms with Crippen LogP contribution in [0.1, 0.15) is 92.4 Å². The minimum absolute atomic E-state index is 0.163. The Morgan fingerprint density at radius 3 is 2.56 bits per heavy atom. The number of carboxylic acids is 1. The number of fused-ring (bicyclic) bond motifs is 5. The second-order valence-corrected chi connectivity index (χ2v) is 12.4. The summed E-state index contributed by atoms with van der Waals surface area (Å²) in [7, 11) is 0. The van der Waals surface area contributed by atoms with E-state index in [0.29, 0.717) is 30.0 Å². The number of aliphatic carboxylic acids is 1. The summed E-state index contributed by atoms with van der Waals surface area (Å²) < 4.78 is 0. The number of hydrogen-bond donors (Lipinski definition) is 2. The van der Waals surface area contributed by atoms with Gasteiger partial charge in [0, 0.05) is 5.92 Å². The monoisotopic (exact) mass is 500 g/mol. The quantitative estimate of drug-likeness (QED) is 0.449. The summed E-state index contributed by atoms with van der Waals surface area (Å²) in [6.07, 6.45) is 11.5. The van der Waals surface area contributed by atoms with Crippen LogP contribution in [0.3, 0.4) is 0 Å². The number of ketones is 1. The predicted octanol–water partition coefficient (Wildman–Crippen LogP) is 5.14. The largest absolute Gasteiger partial charge is 0.480 e. The molecule has 0 saturated heterocycles. The van der Waals surface area contributed by atoms with Gasteiger partial charge in [-0.25, -0.2) is 4.79 Å². The summed E-state index contributed by atoms with van der Waals surface area (Å²) in [5.74, 6) is 0.967. The summed E-state index contributed by atoms with van der Waals surface area (Å²) in [6.45, 7) is 10.0. The van der Waals surface area contributed by atoms with Crippen molar-refractivity contribution in [3.05, 3.63) is 11.6 Å². The van der Waals surface area contributed by atoms with E-state index < -0.39 is 17.9 Å². The van der Waals surface area contributed by atoms with Gasteiger partial charge in [0.1, 0.15) is 11.8 Å². The van der Waals surface area contributed by atoms with Gasteiger partial charge in [-0.1, -0.05) is 44.8 Å². The topological polar surface area (TPSA) is 105 Å². The Balaban J connectivity index is 1.39. The van der Waals surface area contributed by atoms with Crippen LogP contribution in [-0.2, 0) is 19.2 Å². The molecule has 8 atom stereocenters. The average molecular weight is 501 g/mol. The van der Waals surface area contributed by atoms with Crippen molar-refractivity contribution >= 4 is 23.4 Å². The molecule has 36 heavy (non-hydrogen) atoms. The van der Waals surface area contributed by atoms with E-state index in [-0.39, 0.29) is 29.3 Å². The average Bonchev–Trinajstić information content (AvgIpc) is 3.19. The predicted molar refractivity (Wildman–Crippen MR) is 138 cm³/mol. The van der Waals surface area contributed by atoms with Crippen LogP contribution in [0.15, 0.2) is 16.8 Å². The molecule has 7 heteroatoms. The van der Waals surface area contributed by atoms with Crippen LogP contribution in [0.25, 0.3) is 0 Å². The Kier molecular flexibility index (Phi) is 7.68. The van der Waals surface area contributed by atoms with Gasteiger partial charge < -0.3 is 15.3 Å². The highest BCUT2D eigenvalue weighted by Crippen LogP contribution is 2.66. The third-order valence-corrected chi connectivity index (χ3v) is 10.6. The first-order chi connectivity index (χ1) is 17.0. The highest BCUT2D eigenvalue weighted by atomic mass is 16.6. The maximum absolute atomic E-state index is 12.4. The van der Waals surface area contributed by atoms with Crippen molar-refractivity contribution in [1.29, 1.82) is 0 Å². The summed E-state index contributed by atoms with van der Waals surface area (Å²) in [6, 6.07) is -0.922. The number of carboxylic acid groups (broad SMARTS) is 1. The van der Waals surface area contributed by atoms with Gasteiger partial charge in [-0.15, -0.1) is 0 Å². The van der Waals surface area contributed by atoms with E-state index in [4.69, 9.17) is 4.84 Å². The Bertz CT molecular complexity index is 957. The van der Waals surface area contributed by atoms with Gasteiger partial charge in [0.15, 0.2) is 6.61 Å². The maximum atomic E-state index is 12.4. The molecular weight excluding hydrogens is 456 g/mol. The summed E-state index contributed by atoms with van der Waals surface area (Å²) in [5, 5.41) is 16.2. The first-order valence-electron chi connectivity index (χ1n) is 13.9.